The van der Waals surface area contributed by atoms with Crippen molar-refractivity contribution in [3.05, 3.63) is 29.3 Å². The molecule has 1 fully saturated rings. The summed E-state index contributed by atoms with van der Waals surface area (Å²) in [5.41, 5.74) is 0.776. The first-order valence-corrected chi connectivity index (χ1v) is 8.01. The van der Waals surface area contributed by atoms with Crippen LogP contribution in [0.3, 0.4) is 0 Å². The summed E-state index contributed by atoms with van der Waals surface area (Å²) >= 11 is 0. The van der Waals surface area contributed by atoms with Crippen molar-refractivity contribution in [2.45, 2.75) is 45.6 Å². The van der Waals surface area contributed by atoms with Crippen LogP contribution >= 0.6 is 0 Å². The van der Waals surface area contributed by atoms with Crippen molar-refractivity contribution in [1.29, 1.82) is 0 Å². The zero-order chi connectivity index (χ0) is 15.2. The normalized spacial score (nSPS) is 15.6. The molecule has 4 heteroatoms. The van der Waals surface area contributed by atoms with Crippen molar-refractivity contribution < 1.29 is 8.78 Å². The molecule has 0 atom stereocenters. The maximum absolute atomic E-state index is 14.2. The molecule has 118 valence electrons. The predicted octanol–water partition coefficient (Wildman–Crippen LogP) is 4.09. The topological polar surface area (TPSA) is 15.3 Å². The fourth-order valence-electron chi connectivity index (χ4n) is 3.17. The van der Waals surface area contributed by atoms with Gasteiger partial charge in [-0.15, -0.1) is 0 Å². The van der Waals surface area contributed by atoms with Crippen LogP contribution in [0.2, 0.25) is 0 Å². The number of rotatable bonds is 7. The third kappa shape index (κ3) is 4.40. The van der Waals surface area contributed by atoms with Gasteiger partial charge in [0, 0.05) is 20.1 Å². The SMILES string of the molecule is CCCNCc1cc(F)c(N(C)CC2CCCC2)c(F)c1. The molecule has 0 heterocycles. The fraction of sp³-hybridized carbons (Fsp3) is 0.647. The lowest BCUT2D eigenvalue weighted by Gasteiger charge is -2.24. The number of hydrogen-bond acceptors (Lipinski definition) is 2. The van der Waals surface area contributed by atoms with E-state index >= 15 is 0 Å². The van der Waals surface area contributed by atoms with Gasteiger partial charge in [0.05, 0.1) is 0 Å². The highest BCUT2D eigenvalue weighted by Crippen LogP contribution is 2.29. The average Bonchev–Trinajstić information content (AvgIpc) is 2.91. The van der Waals surface area contributed by atoms with Crippen LogP contribution in [0.15, 0.2) is 12.1 Å². The Bertz CT molecular complexity index is 433. The first-order valence-electron chi connectivity index (χ1n) is 8.01. The Kier molecular flexibility index (Phi) is 5.97. The zero-order valence-corrected chi connectivity index (χ0v) is 13.1. The second kappa shape index (κ2) is 7.74. The monoisotopic (exact) mass is 296 g/mol. The minimum absolute atomic E-state index is 0.112. The van der Waals surface area contributed by atoms with Crippen LogP contribution in [0.25, 0.3) is 0 Å². The lowest BCUT2D eigenvalue weighted by molar-refractivity contribution is 0.523. The summed E-state index contributed by atoms with van der Waals surface area (Å²) in [5, 5.41) is 3.17. The minimum Gasteiger partial charge on any atom is -0.370 e. The first kappa shape index (κ1) is 16.2. The number of nitrogens with zero attached hydrogens (tertiary/aromatic N) is 1. The Balaban J connectivity index is 2.04. The first-order chi connectivity index (χ1) is 10.1. The number of halogens is 2. The van der Waals surface area contributed by atoms with Gasteiger partial charge in [0.25, 0.3) is 0 Å². The molecule has 1 N–H and O–H groups in total. The van der Waals surface area contributed by atoms with E-state index in [2.05, 4.69) is 12.2 Å². The molecule has 0 aliphatic heterocycles. The summed E-state index contributed by atoms with van der Waals surface area (Å²) < 4.78 is 28.5. The van der Waals surface area contributed by atoms with Gasteiger partial charge in [0.15, 0.2) is 0 Å². The molecule has 0 unspecified atom stereocenters. The molecule has 0 amide bonds. The summed E-state index contributed by atoms with van der Waals surface area (Å²) in [4.78, 5) is 1.74. The maximum atomic E-state index is 14.2. The standard InChI is InChI=1S/C17H26F2N2/c1-3-8-20-11-14-9-15(18)17(16(19)10-14)21(2)12-13-6-4-5-7-13/h9-10,13,20H,3-8,11-12H2,1-2H3. The quantitative estimate of drug-likeness (QED) is 0.762. The van der Waals surface area contributed by atoms with E-state index in [1.807, 2.05) is 0 Å². The van der Waals surface area contributed by atoms with Gasteiger partial charge in [-0.05, 0) is 49.4 Å². The van der Waals surface area contributed by atoms with Crippen LogP contribution in [-0.4, -0.2) is 20.1 Å². The van der Waals surface area contributed by atoms with Gasteiger partial charge < -0.3 is 10.2 Å². The molecule has 0 aromatic heterocycles. The van der Waals surface area contributed by atoms with E-state index in [4.69, 9.17) is 0 Å². The summed E-state index contributed by atoms with van der Waals surface area (Å²) in [6.45, 7) is 4.16. The van der Waals surface area contributed by atoms with Gasteiger partial charge in [-0.3, -0.25) is 0 Å². The summed E-state index contributed by atoms with van der Waals surface area (Å²) in [5.74, 6) is -0.340. The summed E-state index contributed by atoms with van der Waals surface area (Å²) in [6.07, 6.45) is 5.84. The molecule has 0 bridgehead atoms. The lowest BCUT2D eigenvalue weighted by Crippen LogP contribution is -2.26. The molecule has 0 saturated heterocycles. The molecule has 21 heavy (non-hydrogen) atoms. The summed E-state index contributed by atoms with van der Waals surface area (Å²) in [7, 11) is 1.79. The van der Waals surface area contributed by atoms with Crippen molar-refractivity contribution in [2.24, 2.45) is 5.92 Å². The van der Waals surface area contributed by atoms with Crippen molar-refractivity contribution >= 4 is 5.69 Å². The highest BCUT2D eigenvalue weighted by molar-refractivity contribution is 5.50. The predicted molar refractivity (Wildman–Crippen MR) is 83.6 cm³/mol. The largest absolute Gasteiger partial charge is 0.370 e. The van der Waals surface area contributed by atoms with Gasteiger partial charge >= 0.3 is 0 Å². The number of anilines is 1. The third-order valence-electron chi connectivity index (χ3n) is 4.22. The number of benzene rings is 1. The Morgan fingerprint density at radius 1 is 1.19 bits per heavy atom. The van der Waals surface area contributed by atoms with Gasteiger partial charge in [-0.2, -0.15) is 0 Å². The van der Waals surface area contributed by atoms with Crippen LogP contribution in [0, 0.1) is 17.6 Å². The molecule has 1 aliphatic rings. The van der Waals surface area contributed by atoms with Gasteiger partial charge in [0.1, 0.15) is 17.3 Å². The molecule has 0 spiro atoms. The van der Waals surface area contributed by atoms with E-state index in [-0.39, 0.29) is 5.69 Å². The Morgan fingerprint density at radius 3 is 2.38 bits per heavy atom. The lowest BCUT2D eigenvalue weighted by atomic mass is 10.1. The molecule has 2 nitrogen and oxygen atoms in total. The minimum atomic E-state index is -0.455. The highest BCUT2D eigenvalue weighted by Gasteiger charge is 2.21. The van der Waals surface area contributed by atoms with E-state index < -0.39 is 11.6 Å². The van der Waals surface area contributed by atoms with E-state index in [0.717, 1.165) is 19.5 Å². The average molecular weight is 296 g/mol. The molecule has 1 aromatic carbocycles. The molecule has 2 rings (SSSR count). The van der Waals surface area contributed by atoms with E-state index in [0.29, 0.717) is 18.0 Å². The Morgan fingerprint density at radius 2 is 1.81 bits per heavy atom. The molecule has 1 aliphatic carbocycles. The van der Waals surface area contributed by atoms with E-state index in [1.54, 1.807) is 11.9 Å². The van der Waals surface area contributed by atoms with Crippen LogP contribution < -0.4 is 10.2 Å². The molecular formula is C17H26F2N2. The summed E-state index contributed by atoms with van der Waals surface area (Å²) in [6, 6.07) is 2.90. The van der Waals surface area contributed by atoms with Crippen LogP contribution in [-0.2, 0) is 6.54 Å². The Labute approximate surface area is 126 Å². The third-order valence-corrected chi connectivity index (χ3v) is 4.22. The Hall–Kier alpha value is -1.16. The number of nitrogens with one attached hydrogen (secondary N) is 1. The van der Waals surface area contributed by atoms with Crippen LogP contribution in [0.5, 0.6) is 0 Å². The fourth-order valence-corrected chi connectivity index (χ4v) is 3.17. The maximum Gasteiger partial charge on any atom is 0.149 e. The van der Waals surface area contributed by atoms with Gasteiger partial charge in [0.2, 0.25) is 0 Å². The molecule has 1 saturated carbocycles. The van der Waals surface area contributed by atoms with Crippen LogP contribution in [0.1, 0.15) is 44.6 Å². The van der Waals surface area contributed by atoms with Gasteiger partial charge in [-0.25, -0.2) is 8.78 Å². The van der Waals surface area contributed by atoms with Crippen molar-refractivity contribution in [2.75, 3.05) is 25.0 Å². The smallest absolute Gasteiger partial charge is 0.149 e. The highest BCUT2D eigenvalue weighted by atomic mass is 19.1. The molecular weight excluding hydrogens is 270 g/mol. The van der Waals surface area contributed by atoms with Crippen molar-refractivity contribution in [3.63, 3.8) is 0 Å². The number of hydrogen-bond donors (Lipinski definition) is 1. The van der Waals surface area contributed by atoms with Crippen LogP contribution in [0.4, 0.5) is 14.5 Å². The van der Waals surface area contributed by atoms with E-state index in [9.17, 15) is 8.78 Å². The molecule has 1 aromatic rings. The zero-order valence-electron chi connectivity index (χ0n) is 13.1. The molecule has 0 radical (unpaired) electrons. The van der Waals surface area contributed by atoms with Crippen molar-refractivity contribution in [3.8, 4) is 0 Å². The second-order valence-electron chi connectivity index (χ2n) is 6.12. The van der Waals surface area contributed by atoms with Gasteiger partial charge in [-0.1, -0.05) is 19.8 Å². The van der Waals surface area contributed by atoms with Crippen molar-refractivity contribution in [1.82, 2.24) is 5.32 Å². The second-order valence-corrected chi connectivity index (χ2v) is 6.12. The van der Waals surface area contributed by atoms with E-state index in [1.165, 1.54) is 37.8 Å².